The van der Waals surface area contributed by atoms with E-state index in [-0.39, 0.29) is 5.75 Å². The highest BCUT2D eigenvalue weighted by atomic mass is 16.3. The molecule has 0 fully saturated rings. The SMILES string of the molecule is O=C1NC(=O)C(c2cn(-c3cccnc3)c3ccccc23)=C1c1ccc(O)cc1. The lowest BCUT2D eigenvalue weighted by Gasteiger charge is -2.04. The number of phenols is 1. The quantitative estimate of drug-likeness (QED) is 0.534. The van der Waals surface area contributed by atoms with Crippen molar-refractivity contribution in [1.29, 1.82) is 0 Å². The highest BCUT2D eigenvalue weighted by Crippen LogP contribution is 2.37. The van der Waals surface area contributed by atoms with Crippen LogP contribution in [0.4, 0.5) is 0 Å². The normalized spacial score (nSPS) is 13.9. The predicted octanol–water partition coefficient (Wildman–Crippen LogP) is 3.30. The average molecular weight is 381 g/mol. The molecule has 6 nitrogen and oxygen atoms in total. The topological polar surface area (TPSA) is 84.2 Å². The van der Waals surface area contributed by atoms with Crippen LogP contribution in [0.3, 0.4) is 0 Å². The number of amides is 2. The summed E-state index contributed by atoms with van der Waals surface area (Å²) < 4.78 is 1.95. The number of aromatic hydroxyl groups is 1. The van der Waals surface area contributed by atoms with Gasteiger partial charge in [0.15, 0.2) is 0 Å². The summed E-state index contributed by atoms with van der Waals surface area (Å²) in [5, 5.41) is 12.8. The Bertz CT molecular complexity index is 1300. The van der Waals surface area contributed by atoms with Crippen molar-refractivity contribution in [2.75, 3.05) is 0 Å². The van der Waals surface area contributed by atoms with Gasteiger partial charge in [0, 0.05) is 23.3 Å². The van der Waals surface area contributed by atoms with E-state index in [1.165, 1.54) is 12.1 Å². The number of carbonyl (C=O) groups excluding carboxylic acids is 2. The molecule has 4 aromatic rings. The molecule has 0 bridgehead atoms. The first-order chi connectivity index (χ1) is 14.1. The van der Waals surface area contributed by atoms with Crippen LogP contribution in [0.25, 0.3) is 27.7 Å². The first kappa shape index (κ1) is 16.9. The first-order valence-electron chi connectivity index (χ1n) is 9.04. The summed E-state index contributed by atoms with van der Waals surface area (Å²) >= 11 is 0. The van der Waals surface area contributed by atoms with E-state index >= 15 is 0 Å². The van der Waals surface area contributed by atoms with Crippen LogP contribution in [-0.4, -0.2) is 26.5 Å². The Morgan fingerprint density at radius 3 is 2.38 bits per heavy atom. The molecule has 0 aliphatic carbocycles. The number of nitrogens with one attached hydrogen (secondary N) is 1. The van der Waals surface area contributed by atoms with Crippen molar-refractivity contribution >= 4 is 33.9 Å². The molecule has 2 amide bonds. The summed E-state index contributed by atoms with van der Waals surface area (Å²) in [7, 11) is 0. The van der Waals surface area contributed by atoms with Gasteiger partial charge >= 0.3 is 0 Å². The molecular formula is C23H15N3O3. The van der Waals surface area contributed by atoms with Gasteiger partial charge in [0.25, 0.3) is 11.8 Å². The summed E-state index contributed by atoms with van der Waals surface area (Å²) in [5.41, 5.74) is 3.60. The summed E-state index contributed by atoms with van der Waals surface area (Å²) in [6, 6.07) is 17.7. The number of benzene rings is 2. The molecule has 2 aromatic carbocycles. The molecular weight excluding hydrogens is 366 g/mol. The van der Waals surface area contributed by atoms with Crippen molar-refractivity contribution in [3.05, 3.63) is 90.4 Å². The number of hydrogen-bond donors (Lipinski definition) is 2. The lowest BCUT2D eigenvalue weighted by molar-refractivity contribution is -0.122. The second-order valence-corrected chi connectivity index (χ2v) is 6.72. The number of rotatable bonds is 3. The Hall–Kier alpha value is -4.19. The summed E-state index contributed by atoms with van der Waals surface area (Å²) in [5.74, 6) is -0.796. The fourth-order valence-electron chi connectivity index (χ4n) is 3.70. The number of nitrogens with zero attached hydrogens (tertiary/aromatic N) is 2. The standard InChI is InChI=1S/C23H15N3O3/c27-16-9-7-14(8-10-16)20-21(23(29)25-22(20)28)18-13-26(15-4-3-11-24-12-15)19-6-2-1-5-17(18)19/h1-13,27H,(H,25,28,29). The van der Waals surface area contributed by atoms with Crippen molar-refractivity contribution in [1.82, 2.24) is 14.9 Å². The number of hydrogen-bond acceptors (Lipinski definition) is 4. The Kier molecular flexibility index (Phi) is 3.77. The summed E-state index contributed by atoms with van der Waals surface area (Å²) in [6.45, 7) is 0. The minimum absolute atomic E-state index is 0.0915. The molecule has 3 heterocycles. The van der Waals surface area contributed by atoms with Gasteiger partial charge in [-0.15, -0.1) is 0 Å². The van der Waals surface area contributed by atoms with Crippen LogP contribution in [0.5, 0.6) is 5.75 Å². The molecule has 0 saturated carbocycles. The molecule has 0 atom stereocenters. The molecule has 0 unspecified atom stereocenters. The molecule has 0 radical (unpaired) electrons. The third-order valence-corrected chi connectivity index (χ3v) is 4.99. The maximum atomic E-state index is 12.8. The fraction of sp³-hybridized carbons (Fsp3) is 0. The molecule has 5 rings (SSSR count). The number of fused-ring (bicyclic) bond motifs is 1. The highest BCUT2D eigenvalue weighted by molar-refractivity contribution is 6.50. The zero-order chi connectivity index (χ0) is 20.0. The number of phenolic OH excluding ortho intramolecular Hbond substituents is 1. The van der Waals surface area contributed by atoms with Gasteiger partial charge in [-0.25, -0.2) is 0 Å². The zero-order valence-corrected chi connectivity index (χ0v) is 15.2. The van der Waals surface area contributed by atoms with Gasteiger partial charge in [0.2, 0.25) is 0 Å². The van der Waals surface area contributed by atoms with Crippen molar-refractivity contribution < 1.29 is 14.7 Å². The van der Waals surface area contributed by atoms with E-state index < -0.39 is 11.8 Å². The minimum Gasteiger partial charge on any atom is -0.508 e. The average Bonchev–Trinajstić information content (AvgIpc) is 3.26. The van der Waals surface area contributed by atoms with Crippen LogP contribution >= 0.6 is 0 Å². The molecule has 2 aromatic heterocycles. The number of aromatic nitrogens is 2. The Morgan fingerprint density at radius 2 is 1.62 bits per heavy atom. The number of imide groups is 1. The monoisotopic (exact) mass is 381 g/mol. The molecule has 6 heteroatoms. The smallest absolute Gasteiger partial charge is 0.259 e. The predicted molar refractivity (Wildman–Crippen MR) is 109 cm³/mol. The Morgan fingerprint density at radius 1 is 0.862 bits per heavy atom. The lowest BCUT2D eigenvalue weighted by Crippen LogP contribution is -2.22. The fourth-order valence-corrected chi connectivity index (χ4v) is 3.70. The maximum Gasteiger partial charge on any atom is 0.259 e. The van der Waals surface area contributed by atoms with E-state index in [4.69, 9.17) is 0 Å². The highest BCUT2D eigenvalue weighted by Gasteiger charge is 2.33. The molecule has 1 aliphatic rings. The number of pyridine rings is 1. The van der Waals surface area contributed by atoms with Crippen LogP contribution < -0.4 is 5.32 Å². The number of para-hydroxylation sites is 1. The van der Waals surface area contributed by atoms with Crippen LogP contribution in [0.1, 0.15) is 11.1 Å². The van der Waals surface area contributed by atoms with E-state index in [1.807, 2.05) is 47.2 Å². The third-order valence-electron chi connectivity index (χ3n) is 4.99. The van der Waals surface area contributed by atoms with Gasteiger partial charge in [0.1, 0.15) is 5.75 Å². The van der Waals surface area contributed by atoms with Gasteiger partial charge < -0.3 is 9.67 Å². The van der Waals surface area contributed by atoms with Crippen molar-refractivity contribution in [2.24, 2.45) is 0 Å². The molecule has 140 valence electrons. The summed E-state index contributed by atoms with van der Waals surface area (Å²) in [4.78, 5) is 29.5. The maximum absolute atomic E-state index is 12.8. The molecule has 29 heavy (non-hydrogen) atoms. The van der Waals surface area contributed by atoms with Crippen molar-refractivity contribution in [3.8, 4) is 11.4 Å². The van der Waals surface area contributed by atoms with E-state index in [0.717, 1.165) is 16.6 Å². The largest absolute Gasteiger partial charge is 0.508 e. The van der Waals surface area contributed by atoms with Crippen molar-refractivity contribution in [2.45, 2.75) is 0 Å². The van der Waals surface area contributed by atoms with Gasteiger partial charge in [-0.3, -0.25) is 19.9 Å². The van der Waals surface area contributed by atoms with E-state index in [0.29, 0.717) is 22.3 Å². The third kappa shape index (κ3) is 2.70. The van der Waals surface area contributed by atoms with Crippen LogP contribution in [-0.2, 0) is 9.59 Å². The molecule has 0 saturated heterocycles. The Labute approximate surface area is 165 Å². The van der Waals surface area contributed by atoms with Crippen LogP contribution in [0.2, 0.25) is 0 Å². The first-order valence-corrected chi connectivity index (χ1v) is 9.04. The Balaban J connectivity index is 1.81. The zero-order valence-electron chi connectivity index (χ0n) is 15.2. The van der Waals surface area contributed by atoms with Gasteiger partial charge in [0.05, 0.1) is 28.5 Å². The van der Waals surface area contributed by atoms with E-state index in [1.54, 1.807) is 24.5 Å². The second kappa shape index (κ2) is 6.45. The lowest BCUT2D eigenvalue weighted by atomic mass is 9.96. The van der Waals surface area contributed by atoms with E-state index in [2.05, 4.69) is 10.3 Å². The summed E-state index contributed by atoms with van der Waals surface area (Å²) in [6.07, 6.45) is 5.30. The molecule has 0 spiro atoms. The van der Waals surface area contributed by atoms with Gasteiger partial charge in [-0.2, -0.15) is 0 Å². The van der Waals surface area contributed by atoms with Crippen LogP contribution in [0.15, 0.2) is 79.3 Å². The number of carbonyl (C=O) groups is 2. The van der Waals surface area contributed by atoms with Gasteiger partial charge in [-0.1, -0.05) is 30.3 Å². The van der Waals surface area contributed by atoms with Crippen LogP contribution in [0, 0.1) is 0 Å². The van der Waals surface area contributed by atoms with Gasteiger partial charge in [-0.05, 0) is 35.9 Å². The minimum atomic E-state index is -0.450. The second-order valence-electron chi connectivity index (χ2n) is 6.72. The molecule has 2 N–H and O–H groups in total. The van der Waals surface area contributed by atoms with Crippen molar-refractivity contribution in [3.63, 3.8) is 0 Å². The van der Waals surface area contributed by atoms with E-state index in [9.17, 15) is 14.7 Å². The molecule has 1 aliphatic heterocycles.